The molecule has 3 N–H and O–H groups in total. The van der Waals surface area contributed by atoms with Gasteiger partial charge in [0.25, 0.3) is 10.0 Å². The van der Waals surface area contributed by atoms with Crippen LogP contribution in [0, 0.1) is 13.8 Å². The van der Waals surface area contributed by atoms with Gasteiger partial charge in [0.2, 0.25) is 10.0 Å². The Morgan fingerprint density at radius 1 is 0.743 bits per heavy atom. The maximum atomic E-state index is 14.4. The Morgan fingerprint density at radius 3 is 1.71 bits per heavy atom. The van der Waals surface area contributed by atoms with Crippen LogP contribution in [0.1, 0.15) is 11.1 Å². The fraction of sp³-hybridized carbons (Fsp3) is 0.0833. The van der Waals surface area contributed by atoms with Gasteiger partial charge in [0.15, 0.2) is 0 Å². The number of halogens is 2. The molecule has 0 saturated carbocycles. The first-order chi connectivity index (χ1) is 16.4. The molecule has 4 aromatic rings. The van der Waals surface area contributed by atoms with Crippen molar-refractivity contribution in [2.45, 2.75) is 23.6 Å². The van der Waals surface area contributed by atoms with Crippen molar-refractivity contribution in [1.82, 2.24) is 0 Å². The minimum atomic E-state index is -4.45. The zero-order chi connectivity index (χ0) is 25.7. The number of sulfonamides is 2. The molecule has 0 aliphatic heterocycles. The number of phenolic OH excluding ortho intramolecular Hbond substituents is 1. The zero-order valence-corrected chi connectivity index (χ0v) is 23.3. The largest absolute Gasteiger partial charge is 0.506 e. The highest BCUT2D eigenvalue weighted by atomic mass is 79.9. The third-order valence-corrected chi connectivity index (χ3v) is 10.1. The van der Waals surface area contributed by atoms with Crippen molar-refractivity contribution < 1.29 is 21.9 Å². The normalized spacial score (nSPS) is 12.1. The smallest absolute Gasteiger partial charge is 0.269 e. The van der Waals surface area contributed by atoms with Crippen LogP contribution in [0.4, 0.5) is 11.4 Å². The van der Waals surface area contributed by atoms with Crippen LogP contribution >= 0.6 is 31.9 Å². The van der Waals surface area contributed by atoms with Gasteiger partial charge in [-0.15, -0.1) is 0 Å². The molecule has 7 nitrogen and oxygen atoms in total. The van der Waals surface area contributed by atoms with E-state index in [1.165, 1.54) is 16.4 Å². The quantitative estimate of drug-likeness (QED) is 0.284. The molecule has 0 heterocycles. The number of fused-ring (bicyclic) bond motifs is 1. The maximum Gasteiger partial charge on any atom is 0.269 e. The molecule has 182 valence electrons. The molecular formula is C24H20Br2N2O5S2. The van der Waals surface area contributed by atoms with E-state index in [0.717, 1.165) is 6.07 Å². The topological polar surface area (TPSA) is 118 Å². The lowest BCUT2D eigenvalue weighted by Gasteiger charge is -2.29. The summed E-state index contributed by atoms with van der Waals surface area (Å²) in [6.07, 6.45) is 0. The van der Waals surface area contributed by atoms with E-state index >= 15 is 0 Å². The van der Waals surface area contributed by atoms with Gasteiger partial charge in [-0.3, -0.25) is 0 Å². The van der Waals surface area contributed by atoms with Gasteiger partial charge in [-0.1, -0.05) is 68.3 Å². The molecule has 0 fully saturated rings. The van der Waals surface area contributed by atoms with E-state index < -0.39 is 30.7 Å². The van der Waals surface area contributed by atoms with Crippen LogP contribution in [0.3, 0.4) is 0 Å². The molecule has 0 bridgehead atoms. The second-order valence-electron chi connectivity index (χ2n) is 7.85. The minimum Gasteiger partial charge on any atom is -0.506 e. The number of hydrogen-bond acceptors (Lipinski definition) is 5. The lowest BCUT2D eigenvalue weighted by molar-refractivity contribution is 0.465. The van der Waals surface area contributed by atoms with Crippen LogP contribution in [-0.2, 0) is 20.0 Å². The van der Waals surface area contributed by atoms with E-state index in [1.807, 2.05) is 0 Å². The van der Waals surface area contributed by atoms with Crippen molar-refractivity contribution >= 4 is 74.1 Å². The Labute approximate surface area is 220 Å². The highest BCUT2D eigenvalue weighted by Crippen LogP contribution is 2.43. The van der Waals surface area contributed by atoms with E-state index in [4.69, 9.17) is 5.14 Å². The Balaban J connectivity index is 2.17. The van der Waals surface area contributed by atoms with E-state index in [1.54, 1.807) is 62.4 Å². The summed E-state index contributed by atoms with van der Waals surface area (Å²) in [7, 11) is -8.89. The molecule has 0 aromatic heterocycles. The highest BCUT2D eigenvalue weighted by molar-refractivity contribution is 9.10. The van der Waals surface area contributed by atoms with Crippen molar-refractivity contribution in [3.8, 4) is 5.75 Å². The molecule has 0 spiro atoms. The predicted octanol–water partition coefficient (Wildman–Crippen LogP) is 5.86. The molecule has 0 atom stereocenters. The van der Waals surface area contributed by atoms with E-state index in [2.05, 4.69) is 31.9 Å². The van der Waals surface area contributed by atoms with Crippen LogP contribution in [0.25, 0.3) is 10.8 Å². The van der Waals surface area contributed by atoms with Crippen molar-refractivity contribution in [3.05, 3.63) is 86.8 Å². The summed E-state index contributed by atoms with van der Waals surface area (Å²) in [5.74, 6) is -0.606. The molecular weight excluding hydrogens is 620 g/mol. The Hall–Kier alpha value is -2.44. The molecule has 0 saturated heterocycles. The van der Waals surface area contributed by atoms with Gasteiger partial charge < -0.3 is 5.11 Å². The summed E-state index contributed by atoms with van der Waals surface area (Å²) < 4.78 is 56.0. The van der Waals surface area contributed by atoms with Crippen LogP contribution in [0.2, 0.25) is 0 Å². The van der Waals surface area contributed by atoms with Crippen molar-refractivity contribution in [2.75, 3.05) is 4.31 Å². The molecule has 0 unspecified atom stereocenters. The molecule has 0 radical (unpaired) electrons. The van der Waals surface area contributed by atoms with E-state index in [0.29, 0.717) is 31.4 Å². The monoisotopic (exact) mass is 638 g/mol. The maximum absolute atomic E-state index is 14.4. The lowest BCUT2D eigenvalue weighted by atomic mass is 10.1. The van der Waals surface area contributed by atoms with Gasteiger partial charge >= 0.3 is 0 Å². The standard InChI is InChI=1S/C24H20Br2N2O5S2/c1-14-18(25)9-5-11-20(14)28(21-12-6-10-19(26)15(21)2)35(32,33)22-13-23(34(27,30)31)24(29)17-8-4-3-7-16(17)22/h3-13,29H,1-2H3,(H2,27,30,31). The fourth-order valence-corrected chi connectivity index (χ4v) is 7.13. The molecule has 0 aliphatic carbocycles. The summed E-state index contributed by atoms with van der Waals surface area (Å²) in [6.45, 7) is 3.56. The predicted molar refractivity (Wildman–Crippen MR) is 144 cm³/mol. The number of anilines is 2. The number of rotatable bonds is 5. The van der Waals surface area contributed by atoms with Gasteiger partial charge in [-0.05, 0) is 55.3 Å². The minimum absolute atomic E-state index is 0.0504. The second kappa shape index (κ2) is 9.21. The molecule has 0 aliphatic rings. The molecule has 11 heteroatoms. The van der Waals surface area contributed by atoms with Gasteiger partial charge in [-0.25, -0.2) is 26.3 Å². The average molecular weight is 640 g/mol. The number of nitrogens with zero attached hydrogens (tertiary/aromatic N) is 1. The number of aromatic hydroxyl groups is 1. The van der Waals surface area contributed by atoms with Crippen molar-refractivity contribution in [2.24, 2.45) is 5.14 Å². The molecule has 35 heavy (non-hydrogen) atoms. The number of hydrogen-bond donors (Lipinski definition) is 2. The third kappa shape index (κ3) is 4.47. The number of primary sulfonamides is 1. The van der Waals surface area contributed by atoms with E-state index in [-0.39, 0.29) is 15.7 Å². The first kappa shape index (κ1) is 25.6. The average Bonchev–Trinajstić information content (AvgIpc) is 2.79. The van der Waals surface area contributed by atoms with Crippen LogP contribution < -0.4 is 9.44 Å². The first-order valence-corrected chi connectivity index (χ1v) is 14.8. The molecule has 4 rings (SSSR count). The summed E-state index contributed by atoms with van der Waals surface area (Å²) in [5, 5.41) is 16.2. The zero-order valence-electron chi connectivity index (χ0n) is 18.5. The summed E-state index contributed by atoms with van der Waals surface area (Å²) in [5.41, 5.74) is 2.06. The molecule has 0 amide bonds. The number of benzene rings is 4. The summed E-state index contributed by atoms with van der Waals surface area (Å²) in [6, 6.07) is 17.4. The van der Waals surface area contributed by atoms with Crippen LogP contribution in [0.5, 0.6) is 5.75 Å². The Bertz CT molecular complexity index is 1650. The number of nitrogens with two attached hydrogens (primary N) is 1. The highest BCUT2D eigenvalue weighted by Gasteiger charge is 2.33. The van der Waals surface area contributed by atoms with Crippen molar-refractivity contribution in [3.63, 3.8) is 0 Å². The van der Waals surface area contributed by atoms with Crippen molar-refractivity contribution in [1.29, 1.82) is 0 Å². The third-order valence-electron chi connectivity index (χ3n) is 5.68. The first-order valence-electron chi connectivity index (χ1n) is 10.2. The summed E-state index contributed by atoms with van der Waals surface area (Å²) >= 11 is 6.94. The Kier molecular flexibility index (Phi) is 6.75. The van der Waals surface area contributed by atoms with Crippen LogP contribution in [-0.4, -0.2) is 21.9 Å². The van der Waals surface area contributed by atoms with E-state index in [9.17, 15) is 21.9 Å². The van der Waals surface area contributed by atoms with Gasteiger partial charge in [0, 0.05) is 19.7 Å². The Morgan fingerprint density at radius 2 is 1.23 bits per heavy atom. The SMILES string of the molecule is Cc1c(Br)cccc1N(c1cccc(Br)c1C)S(=O)(=O)c1cc(S(N)(=O)=O)c(O)c2ccccc12. The second-order valence-corrected chi connectivity index (χ2v) is 12.8. The van der Waals surface area contributed by atoms with Gasteiger partial charge in [0.05, 0.1) is 16.3 Å². The summed E-state index contributed by atoms with van der Waals surface area (Å²) in [4.78, 5) is -0.986. The number of phenols is 1. The lowest BCUT2D eigenvalue weighted by Crippen LogP contribution is -2.28. The molecule has 4 aromatic carbocycles. The van der Waals surface area contributed by atoms with Gasteiger partial charge in [-0.2, -0.15) is 0 Å². The fourth-order valence-electron chi connectivity index (χ4n) is 3.85. The van der Waals surface area contributed by atoms with Gasteiger partial charge in [0.1, 0.15) is 10.6 Å². The van der Waals surface area contributed by atoms with Crippen LogP contribution in [0.15, 0.2) is 85.5 Å².